The van der Waals surface area contributed by atoms with E-state index in [9.17, 15) is 9.59 Å². The summed E-state index contributed by atoms with van der Waals surface area (Å²) in [5, 5.41) is 0. The SMILES string of the molecule is CCc1cc(C)cc(CC)c1C1C(=O)CC(CCSc2ccccc2Br)CC1=O. The van der Waals surface area contributed by atoms with Crippen LogP contribution in [0.15, 0.2) is 45.8 Å². The molecule has 4 heteroatoms. The van der Waals surface area contributed by atoms with Gasteiger partial charge in [-0.25, -0.2) is 0 Å². The van der Waals surface area contributed by atoms with E-state index in [0.29, 0.717) is 12.8 Å². The van der Waals surface area contributed by atoms with Crippen LogP contribution >= 0.6 is 27.7 Å². The molecule has 0 amide bonds. The summed E-state index contributed by atoms with van der Waals surface area (Å²) in [4.78, 5) is 27.4. The molecule has 1 aliphatic rings. The average molecular weight is 473 g/mol. The number of carbonyl (C=O) groups is 2. The molecular weight excluding hydrogens is 444 g/mol. The smallest absolute Gasteiger partial charge is 0.148 e. The van der Waals surface area contributed by atoms with E-state index in [4.69, 9.17) is 0 Å². The van der Waals surface area contributed by atoms with Crippen molar-refractivity contribution >= 4 is 39.3 Å². The highest BCUT2D eigenvalue weighted by Gasteiger charge is 2.38. The maximum absolute atomic E-state index is 13.1. The second-order valence-corrected chi connectivity index (χ2v) is 9.90. The fourth-order valence-corrected chi connectivity index (χ4v) is 6.07. The summed E-state index contributed by atoms with van der Waals surface area (Å²) in [6.07, 6.45) is 3.64. The van der Waals surface area contributed by atoms with Gasteiger partial charge in [0.2, 0.25) is 0 Å². The van der Waals surface area contributed by atoms with E-state index in [-0.39, 0.29) is 17.5 Å². The van der Waals surface area contributed by atoms with Gasteiger partial charge in [-0.05, 0) is 82.6 Å². The molecule has 1 saturated carbocycles. The Bertz CT molecular complexity index is 862. The van der Waals surface area contributed by atoms with Gasteiger partial charge in [0.15, 0.2) is 0 Å². The van der Waals surface area contributed by atoms with Crippen molar-refractivity contribution in [1.29, 1.82) is 0 Å². The number of carbonyl (C=O) groups excluding carboxylic acids is 2. The summed E-state index contributed by atoms with van der Waals surface area (Å²) in [5.41, 5.74) is 4.55. The third-order valence-electron chi connectivity index (χ3n) is 5.79. The normalized spacial score (nSPS) is 19.6. The van der Waals surface area contributed by atoms with Gasteiger partial charge < -0.3 is 0 Å². The summed E-state index contributed by atoms with van der Waals surface area (Å²) >= 11 is 5.36. The Kier molecular flexibility index (Phi) is 7.75. The maximum Gasteiger partial charge on any atom is 0.148 e. The van der Waals surface area contributed by atoms with Crippen LogP contribution in [0.25, 0.3) is 0 Å². The molecule has 1 fully saturated rings. The molecule has 0 spiro atoms. The predicted octanol–water partition coefficient (Wildman–Crippen LogP) is 6.70. The molecule has 2 nitrogen and oxygen atoms in total. The van der Waals surface area contributed by atoms with Crippen LogP contribution in [0.4, 0.5) is 0 Å². The second kappa shape index (κ2) is 10.1. The number of ketones is 2. The van der Waals surface area contributed by atoms with E-state index in [1.165, 1.54) is 10.5 Å². The molecule has 2 aromatic carbocycles. The van der Waals surface area contributed by atoms with Gasteiger partial charge in [-0.1, -0.05) is 43.7 Å². The molecule has 0 radical (unpaired) electrons. The molecule has 154 valence electrons. The topological polar surface area (TPSA) is 34.1 Å². The Hall–Kier alpha value is -1.39. The highest BCUT2D eigenvalue weighted by Crippen LogP contribution is 2.37. The number of halogens is 1. The summed E-state index contributed by atoms with van der Waals surface area (Å²) < 4.78 is 1.10. The molecule has 0 heterocycles. The van der Waals surface area contributed by atoms with E-state index < -0.39 is 5.92 Å². The number of benzene rings is 2. The third-order valence-corrected chi connectivity index (χ3v) is 7.85. The molecule has 0 bridgehead atoms. The zero-order valence-corrected chi connectivity index (χ0v) is 19.9. The predicted molar refractivity (Wildman–Crippen MR) is 125 cm³/mol. The first-order valence-corrected chi connectivity index (χ1v) is 12.3. The number of Topliss-reactive ketones (excluding diaryl/α,β-unsaturated/α-hetero) is 2. The molecule has 0 aromatic heterocycles. The Balaban J connectivity index is 1.70. The summed E-state index contributed by atoms with van der Waals surface area (Å²) in [5.74, 6) is 0.772. The van der Waals surface area contributed by atoms with Crippen LogP contribution in [-0.2, 0) is 22.4 Å². The van der Waals surface area contributed by atoms with Crippen LogP contribution in [0.5, 0.6) is 0 Å². The van der Waals surface area contributed by atoms with E-state index in [0.717, 1.165) is 46.2 Å². The minimum atomic E-state index is -0.548. The Morgan fingerprint density at radius 3 is 2.14 bits per heavy atom. The second-order valence-electron chi connectivity index (χ2n) is 7.91. The molecular formula is C25H29BrO2S. The van der Waals surface area contributed by atoms with Crippen molar-refractivity contribution in [2.75, 3.05) is 5.75 Å². The van der Waals surface area contributed by atoms with Gasteiger partial charge >= 0.3 is 0 Å². The highest BCUT2D eigenvalue weighted by atomic mass is 79.9. The van der Waals surface area contributed by atoms with E-state index in [1.807, 2.05) is 18.2 Å². The standard InChI is InChI=1S/C25H29BrO2S/c1-4-18-12-16(3)13-19(5-2)24(18)25-21(27)14-17(15-22(25)28)10-11-29-23-9-7-6-8-20(23)26/h6-9,12-13,17,25H,4-5,10-11,14-15H2,1-3H3. The van der Waals surface area contributed by atoms with Crippen molar-refractivity contribution in [3.05, 3.63) is 63.1 Å². The summed E-state index contributed by atoms with van der Waals surface area (Å²) in [6.45, 7) is 6.31. The van der Waals surface area contributed by atoms with Gasteiger partial charge in [0, 0.05) is 22.2 Å². The lowest BCUT2D eigenvalue weighted by atomic mass is 9.73. The zero-order chi connectivity index (χ0) is 21.0. The number of rotatable bonds is 7. The van der Waals surface area contributed by atoms with Gasteiger partial charge in [0.05, 0.1) is 0 Å². The fraction of sp³-hybridized carbons (Fsp3) is 0.440. The van der Waals surface area contributed by atoms with Crippen molar-refractivity contribution in [3.63, 3.8) is 0 Å². The van der Waals surface area contributed by atoms with E-state index in [2.05, 4.69) is 54.9 Å². The van der Waals surface area contributed by atoms with Gasteiger partial charge in [-0.2, -0.15) is 0 Å². The van der Waals surface area contributed by atoms with Gasteiger partial charge in [0.1, 0.15) is 17.5 Å². The zero-order valence-electron chi connectivity index (χ0n) is 17.5. The maximum atomic E-state index is 13.1. The molecule has 0 saturated heterocycles. The summed E-state index contributed by atoms with van der Waals surface area (Å²) in [7, 11) is 0. The minimum Gasteiger partial charge on any atom is -0.299 e. The third kappa shape index (κ3) is 5.21. The van der Waals surface area contributed by atoms with Crippen LogP contribution in [0.1, 0.15) is 61.3 Å². The van der Waals surface area contributed by atoms with E-state index in [1.54, 1.807) is 11.8 Å². The number of aryl methyl sites for hydroxylation is 3. The van der Waals surface area contributed by atoms with Crippen molar-refractivity contribution in [1.82, 2.24) is 0 Å². The van der Waals surface area contributed by atoms with Crippen molar-refractivity contribution in [2.24, 2.45) is 5.92 Å². The van der Waals surface area contributed by atoms with Crippen molar-refractivity contribution < 1.29 is 9.59 Å². The molecule has 2 aromatic rings. The fourth-order valence-electron chi connectivity index (χ4n) is 4.39. The van der Waals surface area contributed by atoms with Crippen LogP contribution < -0.4 is 0 Å². The Labute approximate surface area is 187 Å². The van der Waals surface area contributed by atoms with Crippen molar-refractivity contribution in [3.8, 4) is 0 Å². The van der Waals surface area contributed by atoms with Crippen LogP contribution in [-0.4, -0.2) is 17.3 Å². The minimum absolute atomic E-state index is 0.116. The molecule has 0 N–H and O–H groups in total. The lowest BCUT2D eigenvalue weighted by Crippen LogP contribution is -2.33. The molecule has 0 atom stereocenters. The van der Waals surface area contributed by atoms with Crippen LogP contribution in [0, 0.1) is 12.8 Å². The number of hydrogen-bond donors (Lipinski definition) is 0. The van der Waals surface area contributed by atoms with Gasteiger partial charge in [-0.15, -0.1) is 11.8 Å². The van der Waals surface area contributed by atoms with Crippen LogP contribution in [0.2, 0.25) is 0 Å². The lowest BCUT2D eigenvalue weighted by Gasteiger charge is -2.29. The quantitative estimate of drug-likeness (QED) is 0.332. The monoisotopic (exact) mass is 472 g/mol. The first-order chi connectivity index (χ1) is 13.9. The first-order valence-electron chi connectivity index (χ1n) is 10.5. The Morgan fingerprint density at radius 1 is 1.00 bits per heavy atom. The first kappa shape index (κ1) is 22.3. The van der Waals surface area contributed by atoms with Gasteiger partial charge in [-0.3, -0.25) is 9.59 Å². The molecule has 0 aliphatic heterocycles. The van der Waals surface area contributed by atoms with Crippen molar-refractivity contribution in [2.45, 2.75) is 63.7 Å². The Morgan fingerprint density at radius 2 is 1.59 bits per heavy atom. The number of hydrogen-bond acceptors (Lipinski definition) is 3. The number of thioether (sulfide) groups is 1. The highest BCUT2D eigenvalue weighted by molar-refractivity contribution is 9.10. The summed E-state index contributed by atoms with van der Waals surface area (Å²) in [6, 6.07) is 12.5. The molecule has 3 rings (SSSR count). The average Bonchev–Trinajstić information content (AvgIpc) is 2.69. The van der Waals surface area contributed by atoms with E-state index >= 15 is 0 Å². The largest absolute Gasteiger partial charge is 0.299 e. The lowest BCUT2D eigenvalue weighted by molar-refractivity contribution is -0.133. The van der Waals surface area contributed by atoms with Crippen LogP contribution in [0.3, 0.4) is 0 Å². The molecule has 1 aliphatic carbocycles. The molecule has 29 heavy (non-hydrogen) atoms. The van der Waals surface area contributed by atoms with Gasteiger partial charge in [0.25, 0.3) is 0 Å². The molecule has 0 unspecified atom stereocenters.